The fraction of sp³-hybridized carbons (Fsp3) is 0.462. The second kappa shape index (κ2) is 7.38. The lowest BCUT2D eigenvalue weighted by Crippen LogP contribution is -2.26. The molecule has 0 saturated heterocycles. The Labute approximate surface area is 116 Å². The van der Waals surface area contributed by atoms with Gasteiger partial charge >= 0.3 is 0 Å². The zero-order valence-corrected chi connectivity index (χ0v) is 12.6. The van der Waals surface area contributed by atoms with Crippen molar-refractivity contribution in [3.05, 3.63) is 28.2 Å². The van der Waals surface area contributed by atoms with Gasteiger partial charge in [-0.05, 0) is 33.6 Å². The third-order valence-corrected chi connectivity index (χ3v) is 3.18. The van der Waals surface area contributed by atoms with Crippen molar-refractivity contribution in [2.75, 3.05) is 27.7 Å². The molecule has 0 saturated carbocycles. The Morgan fingerprint density at radius 1 is 1.44 bits per heavy atom. The van der Waals surface area contributed by atoms with E-state index in [-0.39, 0.29) is 5.91 Å². The number of rotatable bonds is 6. The highest BCUT2D eigenvalue weighted by Gasteiger charge is 2.04. The summed E-state index contributed by atoms with van der Waals surface area (Å²) >= 11 is 3.45. The smallest absolute Gasteiger partial charge is 0.223 e. The fourth-order valence-electron chi connectivity index (χ4n) is 1.47. The van der Waals surface area contributed by atoms with Crippen LogP contribution in [0, 0.1) is 0 Å². The molecule has 4 nitrogen and oxygen atoms in total. The Kier molecular flexibility index (Phi) is 6.15. The lowest BCUT2D eigenvalue weighted by molar-refractivity contribution is -0.128. The van der Waals surface area contributed by atoms with Crippen LogP contribution in [0.1, 0.15) is 12.0 Å². The van der Waals surface area contributed by atoms with E-state index in [2.05, 4.69) is 21.2 Å². The molecule has 1 aromatic carbocycles. The molecule has 0 heterocycles. The number of hydrogen-bond donors (Lipinski definition) is 1. The highest BCUT2D eigenvalue weighted by atomic mass is 79.9. The first-order valence-corrected chi connectivity index (χ1v) is 6.57. The lowest BCUT2D eigenvalue weighted by atomic mass is 10.2. The molecule has 0 aliphatic rings. The quantitative estimate of drug-likeness (QED) is 0.817. The van der Waals surface area contributed by atoms with Gasteiger partial charge in [-0.15, -0.1) is 0 Å². The van der Waals surface area contributed by atoms with E-state index in [1.807, 2.05) is 18.2 Å². The van der Waals surface area contributed by atoms with Crippen molar-refractivity contribution in [1.29, 1.82) is 0 Å². The van der Waals surface area contributed by atoms with Crippen LogP contribution in [0.5, 0.6) is 5.75 Å². The summed E-state index contributed by atoms with van der Waals surface area (Å²) in [6, 6.07) is 5.94. The molecule has 18 heavy (non-hydrogen) atoms. The zero-order chi connectivity index (χ0) is 13.5. The molecular weight excluding hydrogens is 296 g/mol. The van der Waals surface area contributed by atoms with E-state index in [4.69, 9.17) is 4.74 Å². The van der Waals surface area contributed by atoms with E-state index in [9.17, 15) is 4.79 Å². The normalized spacial score (nSPS) is 10.2. The van der Waals surface area contributed by atoms with Gasteiger partial charge in [-0.3, -0.25) is 4.79 Å². The number of carbonyl (C=O) groups is 1. The van der Waals surface area contributed by atoms with Gasteiger partial charge in [0.1, 0.15) is 5.75 Å². The van der Waals surface area contributed by atoms with Crippen molar-refractivity contribution in [2.45, 2.75) is 13.0 Å². The summed E-state index contributed by atoms with van der Waals surface area (Å²) < 4.78 is 6.10. The van der Waals surface area contributed by atoms with Gasteiger partial charge < -0.3 is 15.0 Å². The molecule has 1 rings (SSSR count). The molecule has 0 unspecified atom stereocenters. The van der Waals surface area contributed by atoms with Gasteiger partial charge in [-0.1, -0.05) is 6.07 Å². The van der Waals surface area contributed by atoms with Gasteiger partial charge in [0.05, 0.1) is 11.6 Å². The number of methoxy groups -OCH3 is 1. The summed E-state index contributed by atoms with van der Waals surface area (Å²) in [5, 5.41) is 3.24. The molecule has 0 radical (unpaired) electrons. The van der Waals surface area contributed by atoms with Crippen LogP contribution in [0.25, 0.3) is 0 Å². The van der Waals surface area contributed by atoms with Crippen molar-refractivity contribution in [3.8, 4) is 5.75 Å². The van der Waals surface area contributed by atoms with Gasteiger partial charge in [-0.25, -0.2) is 0 Å². The predicted molar refractivity (Wildman–Crippen MR) is 75.7 cm³/mol. The van der Waals surface area contributed by atoms with Crippen LogP contribution in [0.4, 0.5) is 0 Å². The standard InChI is InChI=1S/C13H19BrN2O2/c1-16(2)13(17)6-7-15-9-10-4-5-12(18-3)11(14)8-10/h4-5,8,15H,6-7,9H2,1-3H3. The highest BCUT2D eigenvalue weighted by Crippen LogP contribution is 2.25. The van der Waals surface area contributed by atoms with Crippen molar-refractivity contribution in [2.24, 2.45) is 0 Å². The van der Waals surface area contributed by atoms with Crippen LogP contribution in [0.3, 0.4) is 0 Å². The first-order chi connectivity index (χ1) is 8.54. The summed E-state index contributed by atoms with van der Waals surface area (Å²) in [6.45, 7) is 1.42. The van der Waals surface area contributed by atoms with Gasteiger partial charge in [-0.2, -0.15) is 0 Å². The zero-order valence-electron chi connectivity index (χ0n) is 11.0. The average molecular weight is 315 g/mol. The number of benzene rings is 1. The summed E-state index contributed by atoms with van der Waals surface area (Å²) in [5.74, 6) is 0.958. The molecular formula is C13H19BrN2O2. The average Bonchev–Trinajstić information content (AvgIpc) is 2.34. The van der Waals surface area contributed by atoms with Gasteiger partial charge in [0.2, 0.25) is 5.91 Å². The lowest BCUT2D eigenvalue weighted by Gasteiger charge is -2.11. The minimum absolute atomic E-state index is 0.137. The van der Waals surface area contributed by atoms with E-state index in [0.717, 1.165) is 22.3 Å². The Balaban J connectivity index is 2.36. The van der Waals surface area contributed by atoms with Crippen LogP contribution in [0.2, 0.25) is 0 Å². The number of nitrogens with one attached hydrogen (secondary N) is 1. The Hall–Kier alpha value is -1.07. The number of ether oxygens (including phenoxy) is 1. The second-order valence-corrected chi connectivity index (χ2v) is 5.04. The monoisotopic (exact) mass is 314 g/mol. The van der Waals surface area contributed by atoms with E-state index >= 15 is 0 Å². The largest absolute Gasteiger partial charge is 0.496 e. The molecule has 1 amide bonds. The minimum Gasteiger partial charge on any atom is -0.496 e. The molecule has 1 aromatic rings. The van der Waals surface area contributed by atoms with Gasteiger partial charge in [0.15, 0.2) is 0 Å². The fourth-order valence-corrected chi connectivity index (χ4v) is 2.06. The number of halogens is 1. The van der Waals surface area contributed by atoms with Crippen LogP contribution in [-0.2, 0) is 11.3 Å². The molecule has 0 aromatic heterocycles. The summed E-state index contributed by atoms with van der Waals surface area (Å²) in [4.78, 5) is 13.0. The maximum absolute atomic E-state index is 11.4. The number of amides is 1. The SMILES string of the molecule is COc1ccc(CNCCC(=O)N(C)C)cc1Br. The minimum atomic E-state index is 0.137. The van der Waals surface area contributed by atoms with E-state index in [0.29, 0.717) is 13.0 Å². The van der Waals surface area contributed by atoms with Crippen molar-refractivity contribution in [1.82, 2.24) is 10.2 Å². The second-order valence-electron chi connectivity index (χ2n) is 4.18. The molecule has 0 atom stereocenters. The van der Waals surface area contributed by atoms with Crippen molar-refractivity contribution >= 4 is 21.8 Å². The molecule has 0 aliphatic carbocycles. The Bertz CT molecular complexity index is 408. The van der Waals surface area contributed by atoms with Gasteiger partial charge in [0, 0.05) is 33.6 Å². The van der Waals surface area contributed by atoms with Crippen LogP contribution in [-0.4, -0.2) is 38.6 Å². The topological polar surface area (TPSA) is 41.6 Å². The molecule has 0 aliphatic heterocycles. The number of hydrogen-bond acceptors (Lipinski definition) is 3. The molecule has 0 fully saturated rings. The maximum Gasteiger partial charge on any atom is 0.223 e. The predicted octanol–water partition coefficient (Wildman–Crippen LogP) is 2.03. The number of nitrogens with zero attached hydrogens (tertiary/aromatic N) is 1. The Morgan fingerprint density at radius 3 is 2.72 bits per heavy atom. The molecule has 1 N–H and O–H groups in total. The third kappa shape index (κ3) is 4.66. The summed E-state index contributed by atoms with van der Waals surface area (Å²) in [5.41, 5.74) is 1.15. The molecule has 0 spiro atoms. The molecule has 100 valence electrons. The highest BCUT2D eigenvalue weighted by molar-refractivity contribution is 9.10. The first-order valence-electron chi connectivity index (χ1n) is 5.78. The molecule has 0 bridgehead atoms. The van der Waals surface area contributed by atoms with Crippen molar-refractivity contribution < 1.29 is 9.53 Å². The van der Waals surface area contributed by atoms with Crippen LogP contribution < -0.4 is 10.1 Å². The van der Waals surface area contributed by atoms with Crippen molar-refractivity contribution in [3.63, 3.8) is 0 Å². The summed E-state index contributed by atoms with van der Waals surface area (Å²) in [7, 11) is 5.18. The first kappa shape index (κ1) is 15.0. The van der Waals surface area contributed by atoms with Crippen LogP contribution >= 0.6 is 15.9 Å². The van der Waals surface area contributed by atoms with Crippen LogP contribution in [0.15, 0.2) is 22.7 Å². The third-order valence-electron chi connectivity index (χ3n) is 2.56. The maximum atomic E-state index is 11.4. The van der Waals surface area contributed by atoms with E-state index in [1.165, 1.54) is 0 Å². The number of carbonyl (C=O) groups excluding carboxylic acids is 1. The Morgan fingerprint density at radius 2 is 2.17 bits per heavy atom. The van der Waals surface area contributed by atoms with E-state index < -0.39 is 0 Å². The molecule has 5 heteroatoms. The van der Waals surface area contributed by atoms with Gasteiger partial charge in [0.25, 0.3) is 0 Å². The van der Waals surface area contributed by atoms with E-state index in [1.54, 1.807) is 26.1 Å². The summed E-state index contributed by atoms with van der Waals surface area (Å²) in [6.07, 6.45) is 0.518.